The smallest absolute Gasteiger partial charge is 0.0406 e. The van der Waals surface area contributed by atoms with Crippen molar-refractivity contribution in [3.05, 3.63) is 34.9 Å². The molecule has 3 heteroatoms. The Balaban J connectivity index is 1.83. The summed E-state index contributed by atoms with van der Waals surface area (Å²) < 4.78 is 0. The zero-order valence-corrected chi connectivity index (χ0v) is 11.9. The van der Waals surface area contributed by atoms with Crippen LogP contribution >= 0.6 is 11.6 Å². The van der Waals surface area contributed by atoms with Gasteiger partial charge in [0, 0.05) is 23.7 Å². The molecule has 1 saturated carbocycles. The summed E-state index contributed by atoms with van der Waals surface area (Å²) in [7, 11) is 2.20. The van der Waals surface area contributed by atoms with Crippen molar-refractivity contribution in [3.8, 4) is 0 Å². The Morgan fingerprint density at radius 1 is 1.22 bits per heavy atom. The van der Waals surface area contributed by atoms with Gasteiger partial charge in [-0.05, 0) is 44.0 Å². The molecule has 0 spiro atoms. The lowest BCUT2D eigenvalue weighted by Crippen LogP contribution is -2.48. The number of nitrogens with zero attached hydrogens (tertiary/aromatic N) is 1. The van der Waals surface area contributed by atoms with Gasteiger partial charge in [0.15, 0.2) is 0 Å². The van der Waals surface area contributed by atoms with Gasteiger partial charge < -0.3 is 10.6 Å². The highest BCUT2D eigenvalue weighted by Crippen LogP contribution is 2.21. The minimum atomic E-state index is 0.356. The Morgan fingerprint density at radius 2 is 1.89 bits per heavy atom. The SMILES string of the molecule is CN(CCc1ccc(Cl)cc1)C1CCCCC1N. The molecule has 0 radical (unpaired) electrons. The van der Waals surface area contributed by atoms with Crippen LogP contribution in [-0.2, 0) is 6.42 Å². The molecule has 2 unspecified atom stereocenters. The molecular formula is C15H23ClN2. The lowest BCUT2D eigenvalue weighted by atomic mass is 9.90. The van der Waals surface area contributed by atoms with Crippen LogP contribution in [0.2, 0.25) is 5.02 Å². The summed E-state index contributed by atoms with van der Waals surface area (Å²) in [5.74, 6) is 0. The minimum absolute atomic E-state index is 0.356. The van der Waals surface area contributed by atoms with Gasteiger partial charge in [-0.15, -0.1) is 0 Å². The molecule has 2 nitrogen and oxygen atoms in total. The average molecular weight is 267 g/mol. The van der Waals surface area contributed by atoms with E-state index >= 15 is 0 Å². The quantitative estimate of drug-likeness (QED) is 0.908. The summed E-state index contributed by atoms with van der Waals surface area (Å²) in [6.45, 7) is 1.07. The molecular weight excluding hydrogens is 244 g/mol. The van der Waals surface area contributed by atoms with E-state index in [1.165, 1.54) is 31.2 Å². The van der Waals surface area contributed by atoms with Crippen LogP contribution in [0.1, 0.15) is 31.2 Å². The third-order valence-electron chi connectivity index (χ3n) is 4.01. The van der Waals surface area contributed by atoms with Crippen molar-refractivity contribution >= 4 is 11.6 Å². The Labute approximate surface area is 115 Å². The third-order valence-corrected chi connectivity index (χ3v) is 4.27. The zero-order valence-electron chi connectivity index (χ0n) is 11.1. The van der Waals surface area contributed by atoms with Crippen LogP contribution in [0.5, 0.6) is 0 Å². The van der Waals surface area contributed by atoms with E-state index in [-0.39, 0.29) is 0 Å². The van der Waals surface area contributed by atoms with Crippen molar-refractivity contribution in [1.82, 2.24) is 4.90 Å². The van der Waals surface area contributed by atoms with Crippen molar-refractivity contribution in [1.29, 1.82) is 0 Å². The fourth-order valence-corrected chi connectivity index (χ4v) is 2.94. The predicted molar refractivity (Wildman–Crippen MR) is 78.0 cm³/mol. The second-order valence-corrected chi connectivity index (χ2v) is 5.81. The minimum Gasteiger partial charge on any atom is -0.326 e. The number of nitrogens with two attached hydrogens (primary N) is 1. The maximum Gasteiger partial charge on any atom is 0.0406 e. The highest BCUT2D eigenvalue weighted by molar-refractivity contribution is 6.30. The van der Waals surface area contributed by atoms with Crippen LogP contribution in [0, 0.1) is 0 Å². The van der Waals surface area contributed by atoms with Gasteiger partial charge in [0.25, 0.3) is 0 Å². The summed E-state index contributed by atoms with van der Waals surface area (Å²) >= 11 is 5.89. The zero-order chi connectivity index (χ0) is 13.0. The molecule has 1 aromatic carbocycles. The second kappa shape index (κ2) is 6.55. The Kier molecular flexibility index (Phi) is 5.04. The normalized spacial score (nSPS) is 24.4. The number of halogens is 1. The summed E-state index contributed by atoms with van der Waals surface area (Å²) in [6.07, 6.45) is 6.11. The summed E-state index contributed by atoms with van der Waals surface area (Å²) in [5, 5.41) is 0.807. The van der Waals surface area contributed by atoms with Gasteiger partial charge in [0.2, 0.25) is 0 Å². The van der Waals surface area contributed by atoms with Crippen LogP contribution in [0.3, 0.4) is 0 Å². The van der Waals surface area contributed by atoms with E-state index in [0.29, 0.717) is 12.1 Å². The van der Waals surface area contributed by atoms with Crippen LogP contribution < -0.4 is 5.73 Å². The molecule has 1 aromatic rings. The lowest BCUT2D eigenvalue weighted by Gasteiger charge is -2.36. The molecule has 18 heavy (non-hydrogen) atoms. The van der Waals surface area contributed by atoms with Crippen LogP contribution in [0.25, 0.3) is 0 Å². The topological polar surface area (TPSA) is 29.3 Å². The molecule has 0 aliphatic heterocycles. The molecule has 1 fully saturated rings. The summed E-state index contributed by atoms with van der Waals surface area (Å²) in [5.41, 5.74) is 7.55. The molecule has 0 aromatic heterocycles. The van der Waals surface area contributed by atoms with E-state index < -0.39 is 0 Å². The largest absolute Gasteiger partial charge is 0.326 e. The maximum absolute atomic E-state index is 6.21. The molecule has 2 atom stereocenters. The lowest BCUT2D eigenvalue weighted by molar-refractivity contribution is 0.171. The van der Waals surface area contributed by atoms with E-state index in [2.05, 4.69) is 24.1 Å². The predicted octanol–water partition coefficient (Wildman–Crippen LogP) is 3.08. The molecule has 2 N–H and O–H groups in total. The number of hydrogen-bond acceptors (Lipinski definition) is 2. The second-order valence-electron chi connectivity index (χ2n) is 5.37. The van der Waals surface area contributed by atoms with Gasteiger partial charge in [-0.3, -0.25) is 0 Å². The standard InChI is InChI=1S/C15H23ClN2/c1-18(15-5-3-2-4-14(15)17)11-10-12-6-8-13(16)9-7-12/h6-9,14-15H,2-5,10-11,17H2,1H3. The number of benzene rings is 1. The van der Waals surface area contributed by atoms with E-state index in [1.54, 1.807) is 0 Å². The van der Waals surface area contributed by atoms with E-state index in [4.69, 9.17) is 17.3 Å². The van der Waals surface area contributed by atoms with Crippen LogP contribution in [-0.4, -0.2) is 30.6 Å². The maximum atomic E-state index is 6.21. The van der Waals surface area contributed by atoms with E-state index in [1.807, 2.05) is 12.1 Å². The molecule has 0 heterocycles. The van der Waals surface area contributed by atoms with Gasteiger partial charge in [-0.25, -0.2) is 0 Å². The first-order valence-corrected chi connectivity index (χ1v) is 7.25. The number of hydrogen-bond donors (Lipinski definition) is 1. The van der Waals surface area contributed by atoms with Crippen molar-refractivity contribution in [2.75, 3.05) is 13.6 Å². The van der Waals surface area contributed by atoms with Crippen LogP contribution in [0.15, 0.2) is 24.3 Å². The van der Waals surface area contributed by atoms with Gasteiger partial charge in [0.05, 0.1) is 0 Å². The first kappa shape index (κ1) is 13.9. The fraction of sp³-hybridized carbons (Fsp3) is 0.600. The van der Waals surface area contributed by atoms with Crippen LogP contribution in [0.4, 0.5) is 0 Å². The Hall–Kier alpha value is -0.570. The Morgan fingerprint density at radius 3 is 2.56 bits per heavy atom. The first-order valence-electron chi connectivity index (χ1n) is 6.87. The summed E-state index contributed by atoms with van der Waals surface area (Å²) in [4.78, 5) is 2.43. The highest BCUT2D eigenvalue weighted by Gasteiger charge is 2.24. The number of rotatable bonds is 4. The van der Waals surface area contributed by atoms with E-state index in [9.17, 15) is 0 Å². The monoisotopic (exact) mass is 266 g/mol. The molecule has 1 aliphatic rings. The summed E-state index contributed by atoms with van der Waals surface area (Å²) in [6, 6.07) is 9.06. The fourth-order valence-electron chi connectivity index (χ4n) is 2.81. The molecule has 0 bridgehead atoms. The first-order chi connectivity index (χ1) is 8.66. The van der Waals surface area contributed by atoms with Gasteiger partial charge in [-0.2, -0.15) is 0 Å². The Bertz CT molecular complexity index is 363. The van der Waals surface area contributed by atoms with E-state index in [0.717, 1.165) is 18.0 Å². The molecule has 0 amide bonds. The third kappa shape index (κ3) is 3.71. The van der Waals surface area contributed by atoms with Crippen molar-refractivity contribution in [2.45, 2.75) is 44.2 Å². The van der Waals surface area contributed by atoms with Crippen molar-refractivity contribution in [2.24, 2.45) is 5.73 Å². The average Bonchev–Trinajstić information content (AvgIpc) is 2.38. The molecule has 2 rings (SSSR count). The molecule has 100 valence electrons. The van der Waals surface area contributed by atoms with Gasteiger partial charge >= 0.3 is 0 Å². The van der Waals surface area contributed by atoms with Gasteiger partial charge in [-0.1, -0.05) is 36.6 Å². The highest BCUT2D eigenvalue weighted by atomic mass is 35.5. The van der Waals surface area contributed by atoms with Crippen molar-refractivity contribution < 1.29 is 0 Å². The molecule has 0 saturated heterocycles. The van der Waals surface area contributed by atoms with Crippen molar-refractivity contribution in [3.63, 3.8) is 0 Å². The van der Waals surface area contributed by atoms with Gasteiger partial charge in [0.1, 0.15) is 0 Å². The molecule has 1 aliphatic carbocycles. The number of likely N-dealkylation sites (N-methyl/N-ethyl adjacent to an activating group) is 1.